The van der Waals surface area contributed by atoms with Crippen molar-refractivity contribution in [3.05, 3.63) is 48.0 Å². The lowest BCUT2D eigenvalue weighted by Crippen LogP contribution is -2.30. The van der Waals surface area contributed by atoms with Crippen LogP contribution in [0.5, 0.6) is 0 Å². The number of hydrogen-bond acceptors (Lipinski definition) is 4. The molecule has 3 rings (SSSR count). The summed E-state index contributed by atoms with van der Waals surface area (Å²) in [5.41, 5.74) is 2.01. The normalized spacial score (nSPS) is 17.6. The van der Waals surface area contributed by atoms with Crippen LogP contribution in [0.25, 0.3) is 0 Å². The van der Waals surface area contributed by atoms with Crippen LogP contribution in [0.2, 0.25) is 0 Å². The molecule has 0 bridgehead atoms. The van der Waals surface area contributed by atoms with E-state index in [1.54, 1.807) is 11.0 Å². The van der Waals surface area contributed by atoms with Crippen molar-refractivity contribution < 1.29 is 9.59 Å². The number of hydrogen-bond donors (Lipinski definition) is 1. The number of benzene rings is 1. The van der Waals surface area contributed by atoms with Gasteiger partial charge in [-0.05, 0) is 17.5 Å². The molecule has 7 heteroatoms. The zero-order valence-corrected chi connectivity index (χ0v) is 13.0. The smallest absolute Gasteiger partial charge is 0.325 e. The van der Waals surface area contributed by atoms with Crippen LogP contribution >= 0.6 is 0 Å². The predicted molar refractivity (Wildman–Crippen MR) is 83.3 cm³/mol. The van der Waals surface area contributed by atoms with E-state index < -0.39 is 0 Å². The third kappa shape index (κ3) is 3.39. The minimum atomic E-state index is -0.376. The Bertz CT molecular complexity index is 681. The summed E-state index contributed by atoms with van der Waals surface area (Å²) in [6.07, 6.45) is 4.70. The first-order valence-electron chi connectivity index (χ1n) is 7.69. The Morgan fingerprint density at radius 1 is 1.13 bits per heavy atom. The van der Waals surface area contributed by atoms with E-state index in [4.69, 9.17) is 0 Å². The van der Waals surface area contributed by atoms with Gasteiger partial charge in [0.2, 0.25) is 0 Å². The lowest BCUT2D eigenvalue weighted by Gasteiger charge is -2.13. The van der Waals surface area contributed by atoms with Gasteiger partial charge in [0.1, 0.15) is 18.7 Å². The van der Waals surface area contributed by atoms with Crippen LogP contribution in [-0.2, 0) is 17.9 Å². The van der Waals surface area contributed by atoms with Crippen LogP contribution in [0.3, 0.4) is 0 Å². The number of carbonyl (C=O) groups excluding carboxylic acids is 2. The topological polar surface area (TPSA) is 80.1 Å². The summed E-state index contributed by atoms with van der Waals surface area (Å²) in [6.45, 7) is 2.94. The zero-order chi connectivity index (χ0) is 16.2. The molecule has 7 nitrogen and oxygen atoms in total. The molecule has 1 aliphatic heterocycles. The molecule has 1 unspecified atom stereocenters. The first kappa shape index (κ1) is 15.2. The molecule has 120 valence electrons. The second kappa shape index (κ2) is 6.60. The molecule has 0 aliphatic carbocycles. The number of nitrogens with one attached hydrogen (secondary N) is 1. The molecule has 0 radical (unpaired) electrons. The molecule has 0 saturated carbocycles. The zero-order valence-electron chi connectivity index (χ0n) is 13.0. The van der Waals surface area contributed by atoms with Gasteiger partial charge in [-0.15, -0.1) is 0 Å². The van der Waals surface area contributed by atoms with E-state index in [1.807, 2.05) is 31.2 Å². The largest absolute Gasteiger partial charge is 0.326 e. The van der Waals surface area contributed by atoms with E-state index in [0.29, 0.717) is 19.5 Å². The van der Waals surface area contributed by atoms with Crippen LogP contribution in [0.4, 0.5) is 4.79 Å². The van der Waals surface area contributed by atoms with Crippen molar-refractivity contribution >= 4 is 11.9 Å². The number of urea groups is 1. The molecule has 1 aromatic carbocycles. The van der Waals surface area contributed by atoms with Gasteiger partial charge in [0.15, 0.2) is 0 Å². The van der Waals surface area contributed by atoms with Crippen molar-refractivity contribution in [3.8, 4) is 0 Å². The van der Waals surface area contributed by atoms with Crippen molar-refractivity contribution in [2.75, 3.05) is 0 Å². The maximum atomic E-state index is 12.2. The summed E-state index contributed by atoms with van der Waals surface area (Å²) in [4.78, 5) is 29.3. The summed E-state index contributed by atoms with van der Waals surface area (Å²) < 4.78 is 1.74. The number of aromatic nitrogens is 3. The van der Waals surface area contributed by atoms with Crippen LogP contribution in [0, 0.1) is 0 Å². The van der Waals surface area contributed by atoms with Gasteiger partial charge < -0.3 is 5.32 Å². The molecule has 1 saturated heterocycles. The Morgan fingerprint density at radius 2 is 1.83 bits per heavy atom. The molecule has 1 aromatic heterocycles. The third-order valence-corrected chi connectivity index (χ3v) is 3.86. The van der Waals surface area contributed by atoms with Crippen LogP contribution in [-0.4, -0.2) is 37.6 Å². The van der Waals surface area contributed by atoms with Gasteiger partial charge in [0.25, 0.3) is 5.91 Å². The van der Waals surface area contributed by atoms with Gasteiger partial charge >= 0.3 is 6.03 Å². The summed E-state index contributed by atoms with van der Waals surface area (Å²) in [5.74, 6) is -0.136. The summed E-state index contributed by atoms with van der Waals surface area (Å²) in [5, 5.41) is 6.80. The van der Waals surface area contributed by atoms with E-state index in [9.17, 15) is 9.59 Å². The molecule has 23 heavy (non-hydrogen) atoms. The van der Waals surface area contributed by atoms with Crippen molar-refractivity contribution in [3.63, 3.8) is 0 Å². The van der Waals surface area contributed by atoms with Gasteiger partial charge in [0, 0.05) is 0 Å². The molecule has 2 heterocycles. The van der Waals surface area contributed by atoms with Crippen molar-refractivity contribution in [2.45, 2.75) is 38.9 Å². The van der Waals surface area contributed by atoms with Crippen LogP contribution in [0.1, 0.15) is 30.9 Å². The highest BCUT2D eigenvalue weighted by molar-refractivity contribution is 6.04. The average Bonchev–Trinajstić information content (AvgIpc) is 3.14. The Kier molecular flexibility index (Phi) is 4.36. The molecule has 1 N–H and O–H groups in total. The molecule has 2 aromatic rings. The second-order valence-corrected chi connectivity index (χ2v) is 5.62. The number of nitrogens with zero attached hydrogens (tertiary/aromatic N) is 4. The number of amides is 3. The van der Waals surface area contributed by atoms with Crippen LogP contribution in [0.15, 0.2) is 36.9 Å². The monoisotopic (exact) mass is 313 g/mol. The maximum absolute atomic E-state index is 12.2. The standard InChI is InChI=1S/C16H19N5O2/c1-2-3-14-15(22)21(16(23)19-14)9-13-6-4-12(5-7-13)8-20-11-17-10-18-20/h4-7,10-11,14H,2-3,8-9H2,1H3,(H,19,23). The molecular formula is C16H19N5O2. The van der Waals surface area contributed by atoms with Gasteiger partial charge in [-0.2, -0.15) is 5.10 Å². The highest BCUT2D eigenvalue weighted by Gasteiger charge is 2.36. The quantitative estimate of drug-likeness (QED) is 0.821. The fourth-order valence-electron chi connectivity index (χ4n) is 2.65. The molecule has 1 aliphatic rings. The highest BCUT2D eigenvalue weighted by Crippen LogP contribution is 2.15. The van der Waals surface area contributed by atoms with E-state index >= 15 is 0 Å². The molecule has 3 amide bonds. The minimum absolute atomic E-state index is 0.136. The number of carbonyl (C=O) groups is 2. The third-order valence-electron chi connectivity index (χ3n) is 3.86. The Labute approximate surface area is 134 Å². The fourth-order valence-corrected chi connectivity index (χ4v) is 2.65. The first-order valence-corrected chi connectivity index (χ1v) is 7.69. The van der Waals surface area contributed by atoms with Crippen LogP contribution < -0.4 is 5.32 Å². The van der Waals surface area contributed by atoms with E-state index in [2.05, 4.69) is 15.4 Å². The van der Waals surface area contributed by atoms with E-state index in [-0.39, 0.29) is 18.0 Å². The predicted octanol–water partition coefficient (Wildman–Crippen LogP) is 1.55. The Balaban J connectivity index is 1.64. The Morgan fingerprint density at radius 3 is 2.43 bits per heavy atom. The summed E-state index contributed by atoms with van der Waals surface area (Å²) in [7, 11) is 0. The van der Waals surface area contributed by atoms with Gasteiger partial charge in [0.05, 0.1) is 13.1 Å². The second-order valence-electron chi connectivity index (χ2n) is 5.62. The number of imide groups is 1. The molecular weight excluding hydrogens is 294 g/mol. The minimum Gasteiger partial charge on any atom is -0.326 e. The van der Waals surface area contributed by atoms with Crippen molar-refractivity contribution in [1.82, 2.24) is 25.0 Å². The summed E-state index contributed by atoms with van der Waals surface area (Å²) >= 11 is 0. The number of rotatable bonds is 6. The fraction of sp³-hybridized carbons (Fsp3) is 0.375. The SMILES string of the molecule is CCCC1NC(=O)N(Cc2ccc(Cn3cncn3)cc2)C1=O. The van der Waals surface area contributed by atoms with E-state index in [0.717, 1.165) is 17.5 Å². The van der Waals surface area contributed by atoms with Crippen molar-refractivity contribution in [2.24, 2.45) is 0 Å². The average molecular weight is 313 g/mol. The maximum Gasteiger partial charge on any atom is 0.325 e. The first-order chi connectivity index (χ1) is 11.2. The van der Waals surface area contributed by atoms with E-state index in [1.165, 1.54) is 11.2 Å². The molecule has 1 atom stereocenters. The van der Waals surface area contributed by atoms with Gasteiger partial charge in [-0.25, -0.2) is 14.5 Å². The lowest BCUT2D eigenvalue weighted by atomic mass is 10.1. The van der Waals surface area contributed by atoms with Gasteiger partial charge in [-0.1, -0.05) is 37.6 Å². The lowest BCUT2D eigenvalue weighted by molar-refractivity contribution is -0.128. The van der Waals surface area contributed by atoms with Crippen molar-refractivity contribution in [1.29, 1.82) is 0 Å². The van der Waals surface area contributed by atoms with Gasteiger partial charge in [-0.3, -0.25) is 9.69 Å². The molecule has 0 spiro atoms. The molecule has 1 fully saturated rings. The Hall–Kier alpha value is -2.70. The summed E-state index contributed by atoms with van der Waals surface area (Å²) in [6, 6.07) is 7.12. The highest BCUT2D eigenvalue weighted by atomic mass is 16.2.